The van der Waals surface area contributed by atoms with Crippen molar-refractivity contribution in [2.45, 2.75) is 71.4 Å². The van der Waals surface area contributed by atoms with E-state index in [0.717, 1.165) is 13.0 Å². The molecular formula is C16H30N2. The lowest BCUT2D eigenvalue weighted by molar-refractivity contribution is 0.0448. The van der Waals surface area contributed by atoms with Crippen molar-refractivity contribution in [2.24, 2.45) is 0 Å². The molecule has 2 atom stereocenters. The molecule has 104 valence electrons. The molecule has 1 N–H and O–H groups in total. The molecule has 0 radical (unpaired) electrons. The zero-order chi connectivity index (χ0) is 13.4. The highest BCUT2D eigenvalue weighted by Crippen LogP contribution is 2.28. The van der Waals surface area contributed by atoms with Crippen molar-refractivity contribution in [1.29, 1.82) is 0 Å². The molecule has 0 spiro atoms. The van der Waals surface area contributed by atoms with Crippen LogP contribution in [0.25, 0.3) is 0 Å². The summed E-state index contributed by atoms with van der Waals surface area (Å²) in [6, 6.07) is 0.484. The second-order valence-corrected chi connectivity index (χ2v) is 5.50. The maximum absolute atomic E-state index is 3.66. The lowest BCUT2D eigenvalue weighted by Crippen LogP contribution is -2.60. The van der Waals surface area contributed by atoms with Crippen LogP contribution in [-0.4, -0.2) is 36.1 Å². The molecule has 0 aliphatic carbocycles. The highest BCUT2D eigenvalue weighted by molar-refractivity contribution is 5.06. The van der Waals surface area contributed by atoms with Gasteiger partial charge in [-0.1, -0.05) is 20.3 Å². The molecule has 0 bridgehead atoms. The zero-order valence-electron chi connectivity index (χ0n) is 12.7. The molecule has 1 aliphatic heterocycles. The SMILES string of the molecule is CC#CCC(NCC)C(C)(CC)N1CCCCC1. The van der Waals surface area contributed by atoms with Crippen LogP contribution in [-0.2, 0) is 0 Å². The fourth-order valence-corrected chi connectivity index (χ4v) is 3.06. The quantitative estimate of drug-likeness (QED) is 0.729. The average Bonchev–Trinajstić information content (AvgIpc) is 2.43. The van der Waals surface area contributed by atoms with E-state index in [9.17, 15) is 0 Å². The second kappa shape index (κ2) is 7.81. The van der Waals surface area contributed by atoms with E-state index in [1.165, 1.54) is 38.8 Å². The van der Waals surface area contributed by atoms with Gasteiger partial charge in [0.15, 0.2) is 0 Å². The maximum atomic E-state index is 3.66. The normalized spacial score (nSPS) is 21.8. The third-order valence-corrected chi connectivity index (χ3v) is 4.48. The predicted octanol–water partition coefficient (Wildman–Crippen LogP) is 3.03. The topological polar surface area (TPSA) is 15.3 Å². The largest absolute Gasteiger partial charge is 0.312 e. The molecular weight excluding hydrogens is 220 g/mol. The molecule has 1 saturated heterocycles. The van der Waals surface area contributed by atoms with E-state index < -0.39 is 0 Å². The molecule has 1 fully saturated rings. The molecule has 0 saturated carbocycles. The summed E-state index contributed by atoms with van der Waals surface area (Å²) in [5.41, 5.74) is 0.250. The molecule has 0 aromatic carbocycles. The summed E-state index contributed by atoms with van der Waals surface area (Å²) in [6.45, 7) is 12.4. The lowest BCUT2D eigenvalue weighted by Gasteiger charge is -2.48. The van der Waals surface area contributed by atoms with Gasteiger partial charge in [0.2, 0.25) is 0 Å². The zero-order valence-corrected chi connectivity index (χ0v) is 12.7. The van der Waals surface area contributed by atoms with Crippen molar-refractivity contribution >= 4 is 0 Å². The van der Waals surface area contributed by atoms with Crippen molar-refractivity contribution in [1.82, 2.24) is 10.2 Å². The van der Waals surface area contributed by atoms with Crippen LogP contribution in [0.2, 0.25) is 0 Å². The Labute approximate surface area is 114 Å². The van der Waals surface area contributed by atoms with E-state index in [1.54, 1.807) is 0 Å². The van der Waals surface area contributed by atoms with Crippen LogP contribution in [0, 0.1) is 11.8 Å². The van der Waals surface area contributed by atoms with Gasteiger partial charge in [-0.3, -0.25) is 4.90 Å². The summed E-state index contributed by atoms with van der Waals surface area (Å²) in [7, 11) is 0. The van der Waals surface area contributed by atoms with Crippen molar-refractivity contribution in [3.8, 4) is 11.8 Å². The Morgan fingerprint density at radius 1 is 1.22 bits per heavy atom. The summed E-state index contributed by atoms with van der Waals surface area (Å²) in [5, 5.41) is 3.66. The minimum atomic E-state index is 0.250. The van der Waals surface area contributed by atoms with Crippen LogP contribution in [0.5, 0.6) is 0 Å². The Morgan fingerprint density at radius 2 is 1.89 bits per heavy atom. The molecule has 0 aromatic rings. The van der Waals surface area contributed by atoms with Gasteiger partial charge in [0.25, 0.3) is 0 Å². The lowest BCUT2D eigenvalue weighted by atomic mass is 9.84. The number of likely N-dealkylation sites (N-methyl/N-ethyl adjacent to an activating group) is 1. The predicted molar refractivity (Wildman–Crippen MR) is 79.7 cm³/mol. The standard InChI is InChI=1S/C16H30N2/c1-5-8-12-15(17-7-3)16(4,6-2)18-13-10-9-11-14-18/h15,17H,6-7,9-14H2,1-4H3. The van der Waals surface area contributed by atoms with Gasteiger partial charge in [-0.2, -0.15) is 0 Å². The highest BCUT2D eigenvalue weighted by atomic mass is 15.2. The smallest absolute Gasteiger partial charge is 0.0359 e. The number of nitrogens with one attached hydrogen (secondary N) is 1. The Kier molecular flexibility index (Phi) is 6.75. The molecule has 0 aromatic heterocycles. The van der Waals surface area contributed by atoms with Gasteiger partial charge in [0.05, 0.1) is 0 Å². The summed E-state index contributed by atoms with van der Waals surface area (Å²) >= 11 is 0. The molecule has 2 unspecified atom stereocenters. The first-order valence-electron chi connectivity index (χ1n) is 7.57. The fourth-order valence-electron chi connectivity index (χ4n) is 3.06. The van der Waals surface area contributed by atoms with E-state index >= 15 is 0 Å². The highest BCUT2D eigenvalue weighted by Gasteiger charge is 2.37. The van der Waals surface area contributed by atoms with Crippen LogP contribution in [0.15, 0.2) is 0 Å². The van der Waals surface area contributed by atoms with Gasteiger partial charge >= 0.3 is 0 Å². The Bertz CT molecular complexity index is 283. The van der Waals surface area contributed by atoms with Crippen LogP contribution >= 0.6 is 0 Å². The first kappa shape index (κ1) is 15.5. The summed E-state index contributed by atoms with van der Waals surface area (Å²) in [6.07, 6.45) is 6.26. The van der Waals surface area contributed by atoms with Gasteiger partial charge in [0.1, 0.15) is 0 Å². The van der Waals surface area contributed by atoms with Crippen LogP contribution < -0.4 is 5.32 Å². The van der Waals surface area contributed by atoms with Gasteiger partial charge < -0.3 is 5.32 Å². The third-order valence-electron chi connectivity index (χ3n) is 4.48. The number of hydrogen-bond acceptors (Lipinski definition) is 2. The van der Waals surface area contributed by atoms with Crippen LogP contribution in [0.3, 0.4) is 0 Å². The summed E-state index contributed by atoms with van der Waals surface area (Å²) in [4.78, 5) is 2.70. The van der Waals surface area contributed by atoms with E-state index in [2.05, 4.69) is 42.8 Å². The average molecular weight is 250 g/mol. The van der Waals surface area contributed by atoms with Crippen LogP contribution in [0.4, 0.5) is 0 Å². The fraction of sp³-hybridized carbons (Fsp3) is 0.875. The number of piperidine rings is 1. The molecule has 1 rings (SSSR count). The third kappa shape index (κ3) is 3.73. The minimum Gasteiger partial charge on any atom is -0.312 e. The van der Waals surface area contributed by atoms with Crippen molar-refractivity contribution in [2.75, 3.05) is 19.6 Å². The monoisotopic (exact) mass is 250 g/mol. The molecule has 1 aliphatic rings. The molecule has 1 heterocycles. The Balaban J connectivity index is 2.80. The summed E-state index contributed by atoms with van der Waals surface area (Å²) in [5.74, 6) is 6.32. The number of rotatable bonds is 6. The molecule has 18 heavy (non-hydrogen) atoms. The maximum Gasteiger partial charge on any atom is 0.0359 e. The van der Waals surface area contributed by atoms with Crippen molar-refractivity contribution < 1.29 is 0 Å². The molecule has 0 amide bonds. The Morgan fingerprint density at radius 3 is 2.39 bits per heavy atom. The van der Waals surface area contributed by atoms with Gasteiger partial charge in [-0.25, -0.2) is 0 Å². The van der Waals surface area contributed by atoms with Crippen LogP contribution in [0.1, 0.15) is 59.8 Å². The van der Waals surface area contributed by atoms with E-state index in [1.807, 2.05) is 6.92 Å². The van der Waals surface area contributed by atoms with E-state index in [4.69, 9.17) is 0 Å². The van der Waals surface area contributed by atoms with Gasteiger partial charge in [0, 0.05) is 18.0 Å². The number of likely N-dealkylation sites (tertiary alicyclic amines) is 1. The summed E-state index contributed by atoms with van der Waals surface area (Å²) < 4.78 is 0. The second-order valence-electron chi connectivity index (χ2n) is 5.50. The minimum absolute atomic E-state index is 0.250. The van der Waals surface area contributed by atoms with Gasteiger partial charge in [-0.05, 0) is 52.7 Å². The molecule has 2 nitrogen and oxygen atoms in total. The van der Waals surface area contributed by atoms with Crippen molar-refractivity contribution in [3.63, 3.8) is 0 Å². The van der Waals surface area contributed by atoms with Gasteiger partial charge in [-0.15, -0.1) is 11.8 Å². The van der Waals surface area contributed by atoms with E-state index in [-0.39, 0.29) is 5.54 Å². The molecule has 2 heteroatoms. The first-order valence-corrected chi connectivity index (χ1v) is 7.57. The van der Waals surface area contributed by atoms with E-state index in [0.29, 0.717) is 6.04 Å². The number of nitrogens with zero attached hydrogens (tertiary/aromatic N) is 1. The first-order chi connectivity index (χ1) is 8.69. The Hall–Kier alpha value is -0.520. The number of hydrogen-bond donors (Lipinski definition) is 1. The van der Waals surface area contributed by atoms with Crippen molar-refractivity contribution in [3.05, 3.63) is 0 Å².